The summed E-state index contributed by atoms with van der Waals surface area (Å²) >= 11 is 0. The standard InChI is InChI=1S/C22H20F3N5O2/c23-14-4-1-5-15(24)19(14)17-7-6-16(25)20(29-17)21(31)30-18-11-27-12-28-22(18)32-13-3-2-9-26-10-8-13/h1,4-7,11-13,26H,2-3,8-10H2,(H,30,31). The Bertz CT molecular complexity index is 1100. The number of rotatable bonds is 5. The van der Waals surface area contributed by atoms with Crippen molar-refractivity contribution >= 4 is 11.6 Å². The van der Waals surface area contributed by atoms with Gasteiger partial charge in [-0.15, -0.1) is 0 Å². The van der Waals surface area contributed by atoms with Crippen molar-refractivity contribution < 1.29 is 22.7 Å². The number of aromatic nitrogens is 3. The second kappa shape index (κ2) is 9.73. The molecule has 32 heavy (non-hydrogen) atoms. The third kappa shape index (κ3) is 4.86. The van der Waals surface area contributed by atoms with Gasteiger partial charge in [-0.2, -0.15) is 4.98 Å². The van der Waals surface area contributed by atoms with Gasteiger partial charge in [0.1, 0.15) is 29.8 Å². The lowest BCUT2D eigenvalue weighted by Crippen LogP contribution is -2.22. The second-order valence-electron chi connectivity index (χ2n) is 7.24. The van der Waals surface area contributed by atoms with E-state index in [1.54, 1.807) is 0 Å². The topological polar surface area (TPSA) is 89.0 Å². The normalized spacial score (nSPS) is 16.3. The van der Waals surface area contributed by atoms with Crippen LogP contribution < -0.4 is 15.4 Å². The summed E-state index contributed by atoms with van der Waals surface area (Å²) in [6, 6.07) is 5.34. The van der Waals surface area contributed by atoms with Crippen molar-refractivity contribution in [1.29, 1.82) is 0 Å². The number of hydrogen-bond acceptors (Lipinski definition) is 6. The summed E-state index contributed by atoms with van der Waals surface area (Å²) < 4.78 is 48.5. The Balaban J connectivity index is 1.58. The van der Waals surface area contributed by atoms with Gasteiger partial charge >= 0.3 is 0 Å². The van der Waals surface area contributed by atoms with Crippen LogP contribution in [0.25, 0.3) is 11.3 Å². The van der Waals surface area contributed by atoms with Gasteiger partial charge in [0.05, 0.1) is 17.5 Å². The smallest absolute Gasteiger partial charge is 0.277 e. The van der Waals surface area contributed by atoms with Crippen molar-refractivity contribution in [2.24, 2.45) is 0 Å². The summed E-state index contributed by atoms with van der Waals surface area (Å²) in [4.78, 5) is 24.6. The summed E-state index contributed by atoms with van der Waals surface area (Å²) in [5, 5.41) is 5.76. The molecule has 1 aliphatic rings. The van der Waals surface area contributed by atoms with Gasteiger partial charge < -0.3 is 15.4 Å². The molecule has 0 radical (unpaired) electrons. The highest BCUT2D eigenvalue weighted by Crippen LogP contribution is 2.27. The molecule has 1 aliphatic heterocycles. The molecule has 4 rings (SSSR count). The highest BCUT2D eigenvalue weighted by molar-refractivity contribution is 6.03. The molecule has 1 saturated heterocycles. The van der Waals surface area contributed by atoms with Crippen molar-refractivity contribution in [1.82, 2.24) is 20.3 Å². The van der Waals surface area contributed by atoms with Crippen LogP contribution in [-0.2, 0) is 0 Å². The van der Waals surface area contributed by atoms with Crippen LogP contribution in [0, 0.1) is 17.5 Å². The van der Waals surface area contributed by atoms with E-state index in [-0.39, 0.29) is 23.4 Å². The maximum absolute atomic E-state index is 14.4. The van der Waals surface area contributed by atoms with Crippen molar-refractivity contribution in [3.8, 4) is 17.1 Å². The summed E-state index contributed by atoms with van der Waals surface area (Å²) in [5.41, 5.74) is -1.15. The van der Waals surface area contributed by atoms with E-state index in [1.807, 2.05) is 0 Å². The van der Waals surface area contributed by atoms with Crippen LogP contribution in [-0.4, -0.2) is 40.1 Å². The number of ether oxygens (including phenoxy) is 1. The first-order valence-corrected chi connectivity index (χ1v) is 10.1. The van der Waals surface area contributed by atoms with Crippen LogP contribution in [0.3, 0.4) is 0 Å². The third-order valence-electron chi connectivity index (χ3n) is 5.00. The van der Waals surface area contributed by atoms with E-state index < -0.39 is 34.6 Å². The number of pyridine rings is 1. The van der Waals surface area contributed by atoms with Gasteiger partial charge in [-0.3, -0.25) is 4.79 Å². The molecule has 3 aromatic rings. The molecule has 1 unspecified atom stereocenters. The van der Waals surface area contributed by atoms with Crippen LogP contribution >= 0.6 is 0 Å². The molecular formula is C22H20F3N5O2. The molecule has 1 atom stereocenters. The van der Waals surface area contributed by atoms with Crippen LogP contribution in [0.15, 0.2) is 42.9 Å². The zero-order valence-electron chi connectivity index (χ0n) is 16.9. The Morgan fingerprint density at radius 3 is 2.69 bits per heavy atom. The highest BCUT2D eigenvalue weighted by atomic mass is 19.1. The van der Waals surface area contributed by atoms with Crippen molar-refractivity contribution in [2.75, 3.05) is 18.4 Å². The van der Waals surface area contributed by atoms with Crippen molar-refractivity contribution in [3.63, 3.8) is 0 Å². The Labute approximate surface area is 182 Å². The minimum atomic E-state index is -0.947. The predicted molar refractivity (Wildman–Crippen MR) is 111 cm³/mol. The first-order chi connectivity index (χ1) is 15.5. The zero-order valence-corrected chi connectivity index (χ0v) is 16.9. The van der Waals surface area contributed by atoms with Gasteiger partial charge in [0, 0.05) is 0 Å². The molecule has 3 heterocycles. The van der Waals surface area contributed by atoms with E-state index in [4.69, 9.17) is 4.74 Å². The number of benzene rings is 1. The fourth-order valence-corrected chi connectivity index (χ4v) is 3.43. The molecule has 0 bridgehead atoms. The summed E-state index contributed by atoms with van der Waals surface area (Å²) in [7, 11) is 0. The number of nitrogens with zero attached hydrogens (tertiary/aromatic N) is 3. The molecule has 10 heteroatoms. The molecule has 0 saturated carbocycles. The number of amides is 1. The van der Waals surface area contributed by atoms with Gasteiger partial charge in [-0.1, -0.05) is 6.07 Å². The molecule has 1 aromatic carbocycles. The molecular weight excluding hydrogens is 423 g/mol. The van der Waals surface area contributed by atoms with Gasteiger partial charge in [-0.05, 0) is 56.6 Å². The molecule has 0 spiro atoms. The Morgan fingerprint density at radius 1 is 1.06 bits per heavy atom. The number of carbonyl (C=O) groups excluding carboxylic acids is 1. The Morgan fingerprint density at radius 2 is 1.88 bits per heavy atom. The molecule has 166 valence electrons. The molecule has 7 nitrogen and oxygen atoms in total. The van der Waals surface area contributed by atoms with E-state index in [9.17, 15) is 18.0 Å². The van der Waals surface area contributed by atoms with E-state index in [1.165, 1.54) is 18.6 Å². The van der Waals surface area contributed by atoms with Gasteiger partial charge in [0.2, 0.25) is 5.88 Å². The van der Waals surface area contributed by atoms with Gasteiger partial charge in [0.25, 0.3) is 5.91 Å². The lowest BCUT2D eigenvalue weighted by atomic mass is 10.1. The molecule has 1 amide bonds. The maximum Gasteiger partial charge on any atom is 0.277 e. The quantitative estimate of drug-likeness (QED) is 0.625. The summed E-state index contributed by atoms with van der Waals surface area (Å²) in [6.45, 7) is 1.70. The number of hydrogen-bond donors (Lipinski definition) is 2. The maximum atomic E-state index is 14.4. The lowest BCUT2D eigenvalue weighted by Gasteiger charge is -2.18. The van der Waals surface area contributed by atoms with E-state index in [0.717, 1.165) is 56.6 Å². The van der Waals surface area contributed by atoms with Crippen molar-refractivity contribution in [2.45, 2.75) is 25.4 Å². The summed E-state index contributed by atoms with van der Waals surface area (Å²) in [5.74, 6) is -3.47. The summed E-state index contributed by atoms with van der Waals surface area (Å²) in [6.07, 6.45) is 5.03. The SMILES string of the molecule is O=C(Nc1cncnc1OC1CCCNCC1)c1nc(-c2c(F)cccc2F)ccc1F. The second-order valence-corrected chi connectivity index (χ2v) is 7.24. The molecule has 0 aliphatic carbocycles. The van der Waals surface area contributed by atoms with Crippen LogP contribution in [0.5, 0.6) is 5.88 Å². The first-order valence-electron chi connectivity index (χ1n) is 10.1. The Kier molecular flexibility index (Phi) is 6.60. The Hall–Kier alpha value is -3.53. The van der Waals surface area contributed by atoms with Gasteiger partial charge in [0.15, 0.2) is 11.5 Å². The average molecular weight is 443 g/mol. The van der Waals surface area contributed by atoms with Gasteiger partial charge in [-0.25, -0.2) is 23.1 Å². The monoisotopic (exact) mass is 443 g/mol. The lowest BCUT2D eigenvalue weighted by molar-refractivity contribution is 0.101. The fraction of sp³-hybridized carbons (Fsp3) is 0.273. The molecule has 2 N–H and O–H groups in total. The molecule has 2 aromatic heterocycles. The average Bonchev–Trinajstić information content (AvgIpc) is 3.05. The van der Waals surface area contributed by atoms with Crippen LogP contribution in [0.4, 0.5) is 18.9 Å². The predicted octanol–water partition coefficient (Wildman–Crippen LogP) is 3.73. The minimum absolute atomic E-state index is 0.0993. The number of anilines is 1. The van der Waals surface area contributed by atoms with Crippen LogP contribution in [0.1, 0.15) is 29.8 Å². The fourth-order valence-electron chi connectivity index (χ4n) is 3.43. The van der Waals surface area contributed by atoms with E-state index >= 15 is 0 Å². The molecule has 1 fully saturated rings. The largest absolute Gasteiger partial charge is 0.473 e. The van der Waals surface area contributed by atoms with E-state index in [2.05, 4.69) is 25.6 Å². The van der Waals surface area contributed by atoms with Crippen molar-refractivity contribution in [3.05, 3.63) is 66.0 Å². The number of carbonyl (C=O) groups is 1. The number of nitrogens with one attached hydrogen (secondary N) is 2. The zero-order chi connectivity index (χ0) is 22.5. The van der Waals surface area contributed by atoms with E-state index in [0.29, 0.717) is 0 Å². The number of halogens is 3. The highest BCUT2D eigenvalue weighted by Gasteiger charge is 2.22. The van der Waals surface area contributed by atoms with Crippen LogP contribution in [0.2, 0.25) is 0 Å². The minimum Gasteiger partial charge on any atom is -0.473 e. The first kappa shape index (κ1) is 21.7. The third-order valence-corrected chi connectivity index (χ3v) is 5.00.